The van der Waals surface area contributed by atoms with Crippen LogP contribution in [0.1, 0.15) is 28.8 Å². The van der Waals surface area contributed by atoms with Crippen LogP contribution in [0.4, 0.5) is 0 Å². The Kier molecular flexibility index (Phi) is 5.51. The van der Waals surface area contributed by atoms with Crippen molar-refractivity contribution in [3.05, 3.63) is 83.0 Å². The number of ketones is 1. The summed E-state index contributed by atoms with van der Waals surface area (Å²) in [5.41, 5.74) is 4.61. The van der Waals surface area contributed by atoms with Crippen molar-refractivity contribution in [1.82, 2.24) is 10.4 Å². The number of hydrogen-bond acceptors (Lipinski definition) is 3. The molecule has 2 aromatic carbocycles. The molecule has 0 aliphatic carbocycles. The number of carbonyl (C=O) groups is 2. The molecule has 4 nitrogen and oxygen atoms in total. The molecule has 0 spiro atoms. The van der Waals surface area contributed by atoms with E-state index in [9.17, 15) is 9.59 Å². The third kappa shape index (κ3) is 4.70. The van der Waals surface area contributed by atoms with E-state index in [0.717, 1.165) is 12.8 Å². The molecule has 0 bridgehead atoms. The molecule has 0 saturated carbocycles. The summed E-state index contributed by atoms with van der Waals surface area (Å²) in [6, 6.07) is 16.8. The fourth-order valence-corrected chi connectivity index (χ4v) is 2.94. The third-order valence-corrected chi connectivity index (χ3v) is 4.45. The van der Waals surface area contributed by atoms with E-state index in [1.807, 2.05) is 18.2 Å². The van der Waals surface area contributed by atoms with Gasteiger partial charge in [-0.15, -0.1) is 0 Å². The van der Waals surface area contributed by atoms with E-state index in [1.54, 1.807) is 35.5 Å². The lowest BCUT2D eigenvalue weighted by Gasteiger charge is -2.32. The fraction of sp³-hybridized carbons (Fsp3) is 0.200. The number of allylic oxidation sites excluding steroid dienone is 1. The summed E-state index contributed by atoms with van der Waals surface area (Å²) in [7, 11) is 0. The lowest BCUT2D eigenvalue weighted by atomic mass is 9.99. The minimum atomic E-state index is -0.222. The smallest absolute Gasteiger partial charge is 0.269 e. The number of nitrogens with zero attached hydrogens (tertiary/aromatic N) is 1. The SMILES string of the molecule is O=C1C=CN(NC(=O)c2ccc(Cl)cc2)[C@@H](CCc2ccccc2)C1. The second-order valence-electron chi connectivity index (χ2n) is 6.02. The molecule has 0 saturated heterocycles. The van der Waals surface area contributed by atoms with Gasteiger partial charge < -0.3 is 0 Å². The summed E-state index contributed by atoms with van der Waals surface area (Å²) in [6.07, 6.45) is 5.17. The van der Waals surface area contributed by atoms with Crippen LogP contribution < -0.4 is 5.43 Å². The molecule has 1 heterocycles. The van der Waals surface area contributed by atoms with Gasteiger partial charge in [-0.2, -0.15) is 0 Å². The first-order chi connectivity index (χ1) is 12.1. The van der Waals surface area contributed by atoms with E-state index >= 15 is 0 Å². The fourth-order valence-electron chi connectivity index (χ4n) is 2.81. The van der Waals surface area contributed by atoms with Crippen molar-refractivity contribution in [2.75, 3.05) is 0 Å². The van der Waals surface area contributed by atoms with Crippen molar-refractivity contribution < 1.29 is 9.59 Å². The molecule has 0 radical (unpaired) electrons. The van der Waals surface area contributed by atoms with Gasteiger partial charge in [0.05, 0.1) is 6.04 Å². The maximum Gasteiger partial charge on any atom is 0.269 e. The van der Waals surface area contributed by atoms with E-state index in [-0.39, 0.29) is 17.7 Å². The molecule has 2 aromatic rings. The first kappa shape index (κ1) is 17.2. The van der Waals surface area contributed by atoms with E-state index in [1.165, 1.54) is 11.6 Å². The van der Waals surface area contributed by atoms with Crippen LogP contribution in [-0.4, -0.2) is 22.7 Å². The summed E-state index contributed by atoms with van der Waals surface area (Å²) in [5, 5.41) is 2.32. The molecule has 1 N–H and O–H groups in total. The standard InChI is InChI=1S/C20H19ClN2O2/c21-17-9-7-16(8-10-17)20(25)22-23-13-12-19(24)14-18(23)11-6-15-4-2-1-3-5-15/h1-5,7-10,12-13,18H,6,11,14H2,(H,22,25)/t18-/m0/s1. The van der Waals surface area contributed by atoms with Gasteiger partial charge in [0.25, 0.3) is 5.91 Å². The quantitative estimate of drug-likeness (QED) is 0.889. The molecule has 25 heavy (non-hydrogen) atoms. The molecular weight excluding hydrogens is 336 g/mol. The van der Waals surface area contributed by atoms with Gasteiger partial charge in [0.2, 0.25) is 0 Å². The zero-order valence-corrected chi connectivity index (χ0v) is 14.4. The lowest BCUT2D eigenvalue weighted by molar-refractivity contribution is -0.116. The van der Waals surface area contributed by atoms with Crippen LogP contribution in [0.5, 0.6) is 0 Å². The van der Waals surface area contributed by atoms with Crippen LogP contribution in [0, 0.1) is 0 Å². The van der Waals surface area contributed by atoms with Crippen LogP contribution >= 0.6 is 11.6 Å². The number of halogens is 1. The molecule has 128 valence electrons. The van der Waals surface area contributed by atoms with Gasteiger partial charge in [-0.25, -0.2) is 0 Å². The van der Waals surface area contributed by atoms with Gasteiger partial charge >= 0.3 is 0 Å². The van der Waals surface area contributed by atoms with Crippen molar-refractivity contribution in [3.63, 3.8) is 0 Å². The van der Waals surface area contributed by atoms with Crippen LogP contribution in [-0.2, 0) is 11.2 Å². The maximum absolute atomic E-state index is 12.4. The zero-order valence-electron chi connectivity index (χ0n) is 13.7. The number of hydrogen-bond donors (Lipinski definition) is 1. The van der Waals surface area contributed by atoms with Crippen molar-refractivity contribution >= 4 is 23.3 Å². The Balaban J connectivity index is 1.66. The average Bonchev–Trinajstić information content (AvgIpc) is 2.63. The van der Waals surface area contributed by atoms with Gasteiger partial charge in [-0.05, 0) is 48.7 Å². The Morgan fingerprint density at radius 2 is 1.84 bits per heavy atom. The molecule has 0 fully saturated rings. The number of carbonyl (C=O) groups excluding carboxylic acids is 2. The predicted molar refractivity (Wildman–Crippen MR) is 98.1 cm³/mol. The first-order valence-electron chi connectivity index (χ1n) is 8.21. The molecular formula is C20H19ClN2O2. The predicted octanol–water partition coefficient (Wildman–Crippen LogP) is 3.77. The Morgan fingerprint density at radius 3 is 2.56 bits per heavy atom. The third-order valence-electron chi connectivity index (χ3n) is 4.20. The van der Waals surface area contributed by atoms with Gasteiger partial charge in [0.1, 0.15) is 0 Å². The highest BCUT2D eigenvalue weighted by Gasteiger charge is 2.24. The minimum absolute atomic E-state index is 0.0612. The Morgan fingerprint density at radius 1 is 1.12 bits per heavy atom. The van der Waals surface area contributed by atoms with Crippen LogP contribution in [0.2, 0.25) is 5.02 Å². The molecule has 1 amide bonds. The number of aryl methyl sites for hydroxylation is 1. The highest BCUT2D eigenvalue weighted by atomic mass is 35.5. The van der Waals surface area contributed by atoms with Crippen LogP contribution in [0.3, 0.4) is 0 Å². The van der Waals surface area contributed by atoms with Crippen molar-refractivity contribution in [2.45, 2.75) is 25.3 Å². The lowest BCUT2D eigenvalue weighted by Crippen LogP contribution is -2.47. The van der Waals surface area contributed by atoms with Crippen LogP contribution in [0.25, 0.3) is 0 Å². The Bertz CT molecular complexity index is 772. The normalized spacial score (nSPS) is 16.8. The molecule has 1 atom stereocenters. The summed E-state index contributed by atoms with van der Waals surface area (Å²) < 4.78 is 0. The summed E-state index contributed by atoms with van der Waals surface area (Å²) >= 11 is 5.86. The van der Waals surface area contributed by atoms with Crippen molar-refractivity contribution in [1.29, 1.82) is 0 Å². The summed E-state index contributed by atoms with van der Waals surface area (Å²) in [4.78, 5) is 24.2. The monoisotopic (exact) mass is 354 g/mol. The number of nitrogens with one attached hydrogen (secondary N) is 1. The van der Waals surface area contributed by atoms with Gasteiger partial charge in [0, 0.05) is 23.2 Å². The average molecular weight is 355 g/mol. The van der Waals surface area contributed by atoms with E-state index in [2.05, 4.69) is 17.6 Å². The second-order valence-corrected chi connectivity index (χ2v) is 6.46. The van der Waals surface area contributed by atoms with Crippen molar-refractivity contribution in [2.24, 2.45) is 0 Å². The van der Waals surface area contributed by atoms with Crippen LogP contribution in [0.15, 0.2) is 66.9 Å². The highest BCUT2D eigenvalue weighted by Crippen LogP contribution is 2.17. The summed E-state index contributed by atoms with van der Waals surface area (Å²) in [5.74, 6) is -0.143. The van der Waals surface area contributed by atoms with Gasteiger partial charge in [-0.1, -0.05) is 41.9 Å². The Labute approximate surface area is 152 Å². The second kappa shape index (κ2) is 7.99. The zero-order chi connectivity index (χ0) is 17.6. The number of rotatable bonds is 5. The molecule has 0 unspecified atom stereocenters. The maximum atomic E-state index is 12.4. The van der Waals surface area contributed by atoms with Crippen molar-refractivity contribution in [3.8, 4) is 0 Å². The summed E-state index contributed by atoms with van der Waals surface area (Å²) in [6.45, 7) is 0. The number of hydrazine groups is 1. The minimum Gasteiger partial charge on any atom is -0.295 e. The van der Waals surface area contributed by atoms with E-state index < -0.39 is 0 Å². The number of benzene rings is 2. The van der Waals surface area contributed by atoms with Gasteiger partial charge in [0.15, 0.2) is 5.78 Å². The molecule has 1 aliphatic rings. The van der Waals surface area contributed by atoms with Gasteiger partial charge in [-0.3, -0.25) is 20.0 Å². The molecule has 0 aromatic heterocycles. The molecule has 5 heteroatoms. The first-order valence-corrected chi connectivity index (χ1v) is 8.59. The Hall–Kier alpha value is -2.59. The topological polar surface area (TPSA) is 49.4 Å². The largest absolute Gasteiger partial charge is 0.295 e. The molecule has 3 rings (SSSR count). The van der Waals surface area contributed by atoms with E-state index in [0.29, 0.717) is 17.0 Å². The molecule has 1 aliphatic heterocycles. The highest BCUT2D eigenvalue weighted by molar-refractivity contribution is 6.30. The van der Waals surface area contributed by atoms with E-state index in [4.69, 9.17) is 11.6 Å². The number of amides is 1.